The van der Waals surface area contributed by atoms with Gasteiger partial charge in [0.05, 0.1) is 7.11 Å². The summed E-state index contributed by atoms with van der Waals surface area (Å²) in [6.07, 6.45) is 0.428. The molecule has 27 heavy (non-hydrogen) atoms. The fraction of sp³-hybridized carbons (Fsp3) is 0.381. The standard InChI is InChI=1S/C21H26FN3O2/c1-27-19-8-6-18(7-9-19)24-12-14-25(15-13-24)21(26)10-11-23-16-17-4-2-3-5-20(17)22/h2-9,23H,10-16H2,1H3. The largest absolute Gasteiger partial charge is 0.497 e. The molecule has 144 valence electrons. The van der Waals surface area contributed by atoms with Gasteiger partial charge in [0.25, 0.3) is 0 Å². The maximum Gasteiger partial charge on any atom is 0.223 e. The Morgan fingerprint density at radius 3 is 2.44 bits per heavy atom. The van der Waals surface area contributed by atoms with Gasteiger partial charge in [0.1, 0.15) is 11.6 Å². The first-order valence-electron chi connectivity index (χ1n) is 9.28. The summed E-state index contributed by atoms with van der Waals surface area (Å²) in [4.78, 5) is 16.6. The molecule has 0 aliphatic carbocycles. The molecule has 1 saturated heterocycles. The molecule has 6 heteroatoms. The molecule has 5 nitrogen and oxygen atoms in total. The molecule has 1 fully saturated rings. The Kier molecular flexibility index (Phi) is 6.65. The number of methoxy groups -OCH3 is 1. The molecule has 1 amide bonds. The number of hydrogen-bond acceptors (Lipinski definition) is 4. The molecule has 0 saturated carbocycles. The molecule has 3 rings (SSSR count). The van der Waals surface area contributed by atoms with Crippen LogP contribution in [-0.4, -0.2) is 50.6 Å². The predicted octanol–water partition coefficient (Wildman–Crippen LogP) is 2.66. The summed E-state index contributed by atoms with van der Waals surface area (Å²) in [7, 11) is 1.66. The second kappa shape index (κ2) is 9.37. The van der Waals surface area contributed by atoms with Crippen molar-refractivity contribution >= 4 is 11.6 Å². The number of halogens is 1. The number of carbonyl (C=O) groups is 1. The number of nitrogens with zero attached hydrogens (tertiary/aromatic N) is 2. The number of carbonyl (C=O) groups excluding carboxylic acids is 1. The first kappa shape index (κ1) is 19.2. The number of rotatable bonds is 7. The van der Waals surface area contributed by atoms with Gasteiger partial charge >= 0.3 is 0 Å². The van der Waals surface area contributed by atoms with Crippen LogP contribution < -0.4 is 15.0 Å². The van der Waals surface area contributed by atoms with E-state index in [1.807, 2.05) is 35.2 Å². The van der Waals surface area contributed by atoms with E-state index < -0.39 is 0 Å². The van der Waals surface area contributed by atoms with Crippen molar-refractivity contribution in [2.24, 2.45) is 0 Å². The zero-order chi connectivity index (χ0) is 19.1. The minimum absolute atomic E-state index is 0.144. The van der Waals surface area contributed by atoms with E-state index in [0.29, 0.717) is 25.1 Å². The maximum absolute atomic E-state index is 13.6. The lowest BCUT2D eigenvalue weighted by atomic mass is 10.2. The van der Waals surface area contributed by atoms with Crippen molar-refractivity contribution in [1.29, 1.82) is 0 Å². The van der Waals surface area contributed by atoms with E-state index >= 15 is 0 Å². The zero-order valence-electron chi connectivity index (χ0n) is 15.7. The second-order valence-electron chi connectivity index (χ2n) is 6.58. The summed E-state index contributed by atoms with van der Waals surface area (Å²) in [5, 5.41) is 3.15. The molecule has 2 aromatic rings. The highest BCUT2D eigenvalue weighted by atomic mass is 19.1. The Hall–Kier alpha value is -2.60. The van der Waals surface area contributed by atoms with Crippen molar-refractivity contribution < 1.29 is 13.9 Å². The lowest BCUT2D eigenvalue weighted by Crippen LogP contribution is -2.49. The van der Waals surface area contributed by atoms with Crippen LogP contribution in [0.3, 0.4) is 0 Å². The van der Waals surface area contributed by atoms with Crippen molar-refractivity contribution in [2.75, 3.05) is 44.7 Å². The van der Waals surface area contributed by atoms with Gasteiger partial charge in [-0.3, -0.25) is 4.79 Å². The minimum atomic E-state index is -0.217. The summed E-state index contributed by atoms with van der Waals surface area (Å²) < 4.78 is 18.7. The Labute approximate surface area is 159 Å². The molecule has 0 atom stereocenters. The first-order valence-corrected chi connectivity index (χ1v) is 9.28. The number of nitrogens with one attached hydrogen (secondary N) is 1. The molecule has 1 aliphatic heterocycles. The van der Waals surface area contributed by atoms with Gasteiger partial charge in [-0.05, 0) is 30.3 Å². The van der Waals surface area contributed by atoms with Crippen LogP contribution in [0.15, 0.2) is 48.5 Å². The summed E-state index contributed by atoms with van der Waals surface area (Å²) >= 11 is 0. The van der Waals surface area contributed by atoms with Crippen LogP contribution in [0.5, 0.6) is 5.75 Å². The third kappa shape index (κ3) is 5.20. The van der Waals surface area contributed by atoms with Gasteiger partial charge in [-0.2, -0.15) is 0 Å². The Balaban J connectivity index is 1.38. The molecular formula is C21H26FN3O2. The highest BCUT2D eigenvalue weighted by Gasteiger charge is 2.20. The van der Waals surface area contributed by atoms with E-state index in [0.717, 1.165) is 37.6 Å². The van der Waals surface area contributed by atoms with Gasteiger partial charge in [0.2, 0.25) is 5.91 Å². The average Bonchev–Trinajstić information content (AvgIpc) is 2.72. The number of piperazine rings is 1. The average molecular weight is 371 g/mol. The Morgan fingerprint density at radius 2 is 1.78 bits per heavy atom. The van der Waals surface area contributed by atoms with E-state index in [1.165, 1.54) is 6.07 Å². The van der Waals surface area contributed by atoms with E-state index in [9.17, 15) is 9.18 Å². The third-order valence-corrected chi connectivity index (χ3v) is 4.86. The van der Waals surface area contributed by atoms with Crippen molar-refractivity contribution in [1.82, 2.24) is 10.2 Å². The van der Waals surface area contributed by atoms with Crippen molar-refractivity contribution in [3.8, 4) is 5.75 Å². The van der Waals surface area contributed by atoms with E-state index in [4.69, 9.17) is 4.74 Å². The topological polar surface area (TPSA) is 44.8 Å². The second-order valence-corrected chi connectivity index (χ2v) is 6.58. The van der Waals surface area contributed by atoms with Crippen LogP contribution in [0.25, 0.3) is 0 Å². The molecule has 1 aliphatic rings. The number of benzene rings is 2. The van der Waals surface area contributed by atoms with Gasteiger partial charge in [-0.15, -0.1) is 0 Å². The van der Waals surface area contributed by atoms with Crippen LogP contribution in [0, 0.1) is 5.82 Å². The summed E-state index contributed by atoms with van der Waals surface area (Å²) in [6, 6.07) is 14.7. The van der Waals surface area contributed by atoms with Gasteiger partial charge < -0.3 is 19.9 Å². The number of hydrogen-bond donors (Lipinski definition) is 1. The Morgan fingerprint density at radius 1 is 1.07 bits per heavy atom. The smallest absolute Gasteiger partial charge is 0.223 e. The first-order chi connectivity index (χ1) is 13.2. The molecule has 0 unspecified atom stereocenters. The van der Waals surface area contributed by atoms with E-state index in [2.05, 4.69) is 10.2 Å². The lowest BCUT2D eigenvalue weighted by Gasteiger charge is -2.36. The minimum Gasteiger partial charge on any atom is -0.497 e. The van der Waals surface area contributed by atoms with Crippen LogP contribution in [-0.2, 0) is 11.3 Å². The fourth-order valence-corrected chi connectivity index (χ4v) is 3.23. The normalized spacial score (nSPS) is 14.3. The van der Waals surface area contributed by atoms with Crippen LogP contribution in [0.1, 0.15) is 12.0 Å². The van der Waals surface area contributed by atoms with Gasteiger partial charge in [0.15, 0.2) is 0 Å². The molecule has 1 heterocycles. The molecule has 2 aromatic carbocycles. The fourth-order valence-electron chi connectivity index (χ4n) is 3.23. The summed E-state index contributed by atoms with van der Waals surface area (Å²) in [5.74, 6) is 0.770. The summed E-state index contributed by atoms with van der Waals surface area (Å²) in [6.45, 7) is 4.06. The van der Waals surface area contributed by atoms with Crippen LogP contribution in [0.4, 0.5) is 10.1 Å². The number of anilines is 1. The molecule has 0 radical (unpaired) electrons. The SMILES string of the molecule is COc1ccc(N2CCN(C(=O)CCNCc3ccccc3F)CC2)cc1. The van der Waals surface area contributed by atoms with Crippen molar-refractivity contribution in [2.45, 2.75) is 13.0 Å². The lowest BCUT2D eigenvalue weighted by molar-refractivity contribution is -0.131. The molecular weight excluding hydrogens is 345 g/mol. The highest BCUT2D eigenvalue weighted by molar-refractivity contribution is 5.76. The zero-order valence-corrected chi connectivity index (χ0v) is 15.7. The molecule has 0 bridgehead atoms. The van der Waals surface area contributed by atoms with Crippen molar-refractivity contribution in [3.05, 3.63) is 59.9 Å². The van der Waals surface area contributed by atoms with Crippen molar-refractivity contribution in [3.63, 3.8) is 0 Å². The van der Waals surface area contributed by atoms with Gasteiger partial charge in [-0.25, -0.2) is 4.39 Å². The third-order valence-electron chi connectivity index (χ3n) is 4.86. The highest BCUT2D eigenvalue weighted by Crippen LogP contribution is 2.20. The maximum atomic E-state index is 13.6. The van der Waals surface area contributed by atoms with Crippen LogP contribution >= 0.6 is 0 Å². The van der Waals surface area contributed by atoms with Crippen LogP contribution in [0.2, 0.25) is 0 Å². The summed E-state index contributed by atoms with van der Waals surface area (Å²) in [5.41, 5.74) is 1.77. The Bertz CT molecular complexity index is 743. The van der Waals surface area contributed by atoms with E-state index in [-0.39, 0.29) is 11.7 Å². The molecule has 1 N–H and O–H groups in total. The molecule has 0 spiro atoms. The predicted molar refractivity (Wildman–Crippen MR) is 105 cm³/mol. The van der Waals surface area contributed by atoms with Gasteiger partial charge in [-0.1, -0.05) is 18.2 Å². The molecule has 0 aromatic heterocycles. The number of amides is 1. The monoisotopic (exact) mass is 371 g/mol. The number of ether oxygens (including phenoxy) is 1. The quantitative estimate of drug-likeness (QED) is 0.760. The van der Waals surface area contributed by atoms with E-state index in [1.54, 1.807) is 19.2 Å². The van der Waals surface area contributed by atoms with Gasteiger partial charge in [0, 0.05) is 56.9 Å².